The molecule has 19 heavy (non-hydrogen) atoms. The fourth-order valence-electron chi connectivity index (χ4n) is 1.70. The fourth-order valence-corrected chi connectivity index (χ4v) is 3.03. The van der Waals surface area contributed by atoms with Crippen LogP contribution in [-0.4, -0.2) is 10.9 Å². The number of nitrogens with zero attached hydrogens (tertiary/aromatic N) is 1. The van der Waals surface area contributed by atoms with Crippen LogP contribution in [-0.2, 0) is 6.54 Å². The van der Waals surface area contributed by atoms with E-state index < -0.39 is 0 Å². The number of hydrogen-bond donors (Lipinski definition) is 1. The summed E-state index contributed by atoms with van der Waals surface area (Å²) in [7, 11) is 0. The van der Waals surface area contributed by atoms with Crippen LogP contribution in [0.5, 0.6) is 0 Å². The second-order valence-electron chi connectivity index (χ2n) is 3.87. The van der Waals surface area contributed by atoms with Crippen LogP contribution in [0.3, 0.4) is 0 Å². The molecule has 0 aliphatic heterocycles. The summed E-state index contributed by atoms with van der Waals surface area (Å²) in [4.78, 5) is 16.3. The van der Waals surface area contributed by atoms with Crippen molar-refractivity contribution >= 4 is 43.4 Å². The van der Waals surface area contributed by atoms with Crippen molar-refractivity contribution in [3.63, 3.8) is 0 Å². The summed E-state index contributed by atoms with van der Waals surface area (Å²) in [5.74, 6) is -0.181. The van der Waals surface area contributed by atoms with Crippen molar-refractivity contribution in [2.75, 3.05) is 0 Å². The lowest BCUT2D eigenvalue weighted by atomic mass is 10.3. The van der Waals surface area contributed by atoms with E-state index in [2.05, 4.69) is 26.2 Å². The van der Waals surface area contributed by atoms with Crippen LogP contribution in [0.25, 0.3) is 10.2 Å². The quantitative estimate of drug-likeness (QED) is 0.795. The first-order valence-electron chi connectivity index (χ1n) is 5.59. The van der Waals surface area contributed by atoms with Crippen LogP contribution >= 0.6 is 27.3 Å². The van der Waals surface area contributed by atoms with Crippen molar-refractivity contribution < 1.29 is 9.21 Å². The van der Waals surface area contributed by atoms with E-state index in [0.717, 1.165) is 15.2 Å². The van der Waals surface area contributed by atoms with E-state index in [-0.39, 0.29) is 5.91 Å². The molecule has 0 saturated heterocycles. The first-order valence-corrected chi connectivity index (χ1v) is 7.20. The van der Waals surface area contributed by atoms with E-state index in [0.29, 0.717) is 16.8 Å². The van der Waals surface area contributed by atoms with E-state index in [4.69, 9.17) is 4.42 Å². The smallest absolute Gasteiger partial charge is 0.256 e. The third-order valence-corrected chi connectivity index (χ3v) is 4.25. The van der Waals surface area contributed by atoms with Crippen LogP contribution < -0.4 is 5.32 Å². The van der Waals surface area contributed by atoms with Crippen molar-refractivity contribution in [1.82, 2.24) is 10.3 Å². The number of halogens is 1. The van der Waals surface area contributed by atoms with Crippen LogP contribution in [0.4, 0.5) is 0 Å². The van der Waals surface area contributed by atoms with Gasteiger partial charge in [-0.3, -0.25) is 4.79 Å². The molecule has 3 aromatic rings. The third-order valence-electron chi connectivity index (χ3n) is 2.60. The van der Waals surface area contributed by atoms with Crippen molar-refractivity contribution in [2.45, 2.75) is 6.54 Å². The highest BCUT2D eigenvalue weighted by Crippen LogP contribution is 2.22. The Morgan fingerprint density at radius 3 is 2.95 bits per heavy atom. The van der Waals surface area contributed by atoms with Gasteiger partial charge in [-0.15, -0.1) is 11.3 Å². The number of para-hydroxylation sites is 1. The normalized spacial score (nSPS) is 10.8. The molecular formula is C13H9BrN2O2S. The van der Waals surface area contributed by atoms with Gasteiger partial charge in [0.15, 0.2) is 4.67 Å². The Bertz CT molecular complexity index is 702. The molecule has 96 valence electrons. The topological polar surface area (TPSA) is 55.1 Å². The van der Waals surface area contributed by atoms with Crippen LogP contribution in [0.15, 0.2) is 45.7 Å². The summed E-state index contributed by atoms with van der Waals surface area (Å²) >= 11 is 4.76. The molecule has 0 saturated carbocycles. The molecule has 1 N–H and O–H groups in total. The predicted octanol–water partition coefficient (Wildman–Crippen LogP) is 3.58. The van der Waals surface area contributed by atoms with Gasteiger partial charge in [0, 0.05) is 0 Å². The standard InChI is InChI=1S/C13H9BrN2O2S/c14-12-8(5-6-18-12)13(17)15-7-11-16-9-3-1-2-4-10(9)19-11/h1-6H,7H2,(H,15,17). The Kier molecular flexibility index (Phi) is 3.35. The van der Waals surface area contributed by atoms with E-state index in [1.54, 1.807) is 17.4 Å². The number of amides is 1. The minimum atomic E-state index is -0.181. The lowest BCUT2D eigenvalue weighted by Gasteiger charge is -2.00. The first-order chi connectivity index (χ1) is 9.24. The summed E-state index contributed by atoms with van der Waals surface area (Å²) in [5, 5.41) is 3.71. The van der Waals surface area contributed by atoms with Crippen LogP contribution in [0.1, 0.15) is 15.4 Å². The Balaban J connectivity index is 1.72. The summed E-state index contributed by atoms with van der Waals surface area (Å²) in [6.07, 6.45) is 1.47. The van der Waals surface area contributed by atoms with Gasteiger partial charge in [-0.25, -0.2) is 4.98 Å². The average Bonchev–Trinajstić information content (AvgIpc) is 3.01. The highest BCUT2D eigenvalue weighted by molar-refractivity contribution is 9.10. The molecule has 1 aromatic carbocycles. The van der Waals surface area contributed by atoms with Crippen molar-refractivity contribution in [2.24, 2.45) is 0 Å². The van der Waals surface area contributed by atoms with Crippen molar-refractivity contribution in [3.05, 3.63) is 51.8 Å². The maximum Gasteiger partial charge on any atom is 0.256 e. The molecule has 6 heteroatoms. The van der Waals surface area contributed by atoms with E-state index >= 15 is 0 Å². The largest absolute Gasteiger partial charge is 0.457 e. The zero-order valence-corrected chi connectivity index (χ0v) is 12.1. The van der Waals surface area contributed by atoms with Gasteiger partial charge in [0.2, 0.25) is 0 Å². The number of hydrogen-bond acceptors (Lipinski definition) is 4. The van der Waals surface area contributed by atoms with Crippen molar-refractivity contribution in [1.29, 1.82) is 0 Å². The second-order valence-corrected chi connectivity index (χ2v) is 5.70. The molecule has 0 unspecified atom stereocenters. The molecule has 1 amide bonds. The number of benzene rings is 1. The summed E-state index contributed by atoms with van der Waals surface area (Å²) in [6, 6.07) is 9.53. The van der Waals surface area contributed by atoms with Gasteiger partial charge in [-0.2, -0.15) is 0 Å². The Morgan fingerprint density at radius 1 is 1.37 bits per heavy atom. The Morgan fingerprint density at radius 2 is 2.21 bits per heavy atom. The van der Waals surface area contributed by atoms with Crippen molar-refractivity contribution in [3.8, 4) is 0 Å². The number of carbonyl (C=O) groups excluding carboxylic acids is 1. The molecule has 0 bridgehead atoms. The van der Waals surface area contributed by atoms with Gasteiger partial charge >= 0.3 is 0 Å². The van der Waals surface area contributed by atoms with Crippen LogP contribution in [0.2, 0.25) is 0 Å². The fraction of sp³-hybridized carbons (Fsp3) is 0.0769. The van der Waals surface area contributed by atoms with Gasteiger partial charge in [0.25, 0.3) is 5.91 Å². The number of carbonyl (C=O) groups is 1. The number of furan rings is 1. The third kappa shape index (κ3) is 2.54. The van der Waals surface area contributed by atoms with Gasteiger partial charge < -0.3 is 9.73 Å². The van der Waals surface area contributed by atoms with E-state index in [1.165, 1.54) is 6.26 Å². The van der Waals surface area contributed by atoms with Gasteiger partial charge in [0.05, 0.1) is 28.6 Å². The zero-order chi connectivity index (χ0) is 13.2. The summed E-state index contributed by atoms with van der Waals surface area (Å²) in [5.41, 5.74) is 1.45. The summed E-state index contributed by atoms with van der Waals surface area (Å²) in [6.45, 7) is 0.413. The molecule has 0 radical (unpaired) electrons. The number of aromatic nitrogens is 1. The number of rotatable bonds is 3. The van der Waals surface area contributed by atoms with Crippen LogP contribution in [0, 0.1) is 0 Å². The van der Waals surface area contributed by atoms with E-state index in [1.807, 2.05) is 24.3 Å². The number of thiazole rings is 1. The highest BCUT2D eigenvalue weighted by atomic mass is 79.9. The molecule has 0 atom stereocenters. The molecule has 0 aliphatic rings. The second kappa shape index (κ2) is 5.14. The maximum atomic E-state index is 11.9. The summed E-state index contributed by atoms with van der Waals surface area (Å²) < 4.78 is 6.59. The minimum Gasteiger partial charge on any atom is -0.457 e. The maximum absolute atomic E-state index is 11.9. The molecule has 2 heterocycles. The lowest BCUT2D eigenvalue weighted by Crippen LogP contribution is -2.22. The Labute approximate surface area is 121 Å². The zero-order valence-electron chi connectivity index (χ0n) is 9.72. The number of fused-ring (bicyclic) bond motifs is 1. The highest BCUT2D eigenvalue weighted by Gasteiger charge is 2.13. The molecule has 2 aromatic heterocycles. The van der Waals surface area contributed by atoms with E-state index in [9.17, 15) is 4.79 Å². The molecule has 0 spiro atoms. The first kappa shape index (κ1) is 12.4. The molecule has 3 rings (SSSR count). The van der Waals surface area contributed by atoms with Gasteiger partial charge in [-0.05, 0) is 34.1 Å². The SMILES string of the molecule is O=C(NCc1nc2ccccc2s1)c1ccoc1Br. The monoisotopic (exact) mass is 336 g/mol. The predicted molar refractivity (Wildman–Crippen MR) is 77.2 cm³/mol. The average molecular weight is 337 g/mol. The molecule has 4 nitrogen and oxygen atoms in total. The Hall–Kier alpha value is -1.66. The van der Waals surface area contributed by atoms with Gasteiger partial charge in [-0.1, -0.05) is 12.1 Å². The number of nitrogens with one attached hydrogen (secondary N) is 1. The lowest BCUT2D eigenvalue weighted by molar-refractivity contribution is 0.0949. The minimum absolute atomic E-state index is 0.181. The molecule has 0 aliphatic carbocycles. The molecule has 0 fully saturated rings. The molecular weight excluding hydrogens is 328 g/mol. The van der Waals surface area contributed by atoms with Gasteiger partial charge in [0.1, 0.15) is 5.01 Å².